The first-order chi connectivity index (χ1) is 5.75. The zero-order valence-corrected chi connectivity index (χ0v) is 7.51. The molecule has 0 saturated heterocycles. The van der Waals surface area contributed by atoms with Gasteiger partial charge in [-0.05, 0) is 0 Å². The Morgan fingerprint density at radius 2 is 1.85 bits per heavy atom. The maximum absolute atomic E-state index is 10.5. The third kappa shape index (κ3) is 4.54. The number of carbonyl (C=O) groups excluding carboxylic acids is 2. The highest BCUT2D eigenvalue weighted by Crippen LogP contribution is 2.35. The number of carbonyl (C=O) groups is 2. The van der Waals surface area contributed by atoms with Crippen LogP contribution in [0.4, 0.5) is 0 Å². The van der Waals surface area contributed by atoms with Crippen LogP contribution in [0.3, 0.4) is 0 Å². The van der Waals surface area contributed by atoms with Crippen LogP contribution in [0.25, 0.3) is 0 Å². The number of hydroxylamine groups is 2. The molecule has 0 aromatic heterocycles. The van der Waals surface area contributed by atoms with Gasteiger partial charge in [0.15, 0.2) is 0 Å². The molecule has 0 spiro atoms. The Bertz CT molecular complexity index is 291. The fourth-order valence-corrected chi connectivity index (χ4v) is 0.597. The van der Waals surface area contributed by atoms with Crippen LogP contribution in [0.2, 0.25) is 0 Å². The normalized spacial score (nSPS) is 11.7. The van der Waals surface area contributed by atoms with Gasteiger partial charge in [0.1, 0.15) is 0 Å². The number of nitrogens with zero attached hydrogens (tertiary/aromatic N) is 1. The van der Waals surface area contributed by atoms with Crippen LogP contribution >= 0.6 is 7.60 Å². The van der Waals surface area contributed by atoms with E-state index in [9.17, 15) is 14.2 Å². The molecule has 0 aromatic carbocycles. The molecule has 0 rings (SSSR count). The van der Waals surface area contributed by atoms with Gasteiger partial charge in [0.2, 0.25) is 5.91 Å². The summed E-state index contributed by atoms with van der Waals surface area (Å²) < 4.78 is 10.2. The van der Waals surface area contributed by atoms with Crippen molar-refractivity contribution >= 4 is 19.0 Å². The van der Waals surface area contributed by atoms with Crippen LogP contribution in [0, 0.1) is 0 Å². The summed E-state index contributed by atoms with van der Waals surface area (Å²) in [4.78, 5) is 37.3. The lowest BCUT2D eigenvalue weighted by Crippen LogP contribution is -2.17. The summed E-state index contributed by atoms with van der Waals surface area (Å²) in [6.45, 7) is 1.01. The Morgan fingerprint density at radius 3 is 2.15 bits per heavy atom. The Labute approximate surface area is 73.4 Å². The summed E-state index contributed by atoms with van der Waals surface area (Å²) >= 11 is 0. The highest BCUT2D eigenvalue weighted by atomic mass is 31.2. The van der Waals surface area contributed by atoms with Crippen LogP contribution < -0.4 is 0 Å². The van der Waals surface area contributed by atoms with E-state index in [4.69, 9.17) is 15.0 Å². The van der Waals surface area contributed by atoms with Crippen molar-refractivity contribution in [2.24, 2.45) is 0 Å². The molecule has 3 N–H and O–H groups in total. The summed E-state index contributed by atoms with van der Waals surface area (Å²) in [5.74, 6) is -0.783. The summed E-state index contributed by atoms with van der Waals surface area (Å²) in [7, 11) is -4.82. The van der Waals surface area contributed by atoms with E-state index < -0.39 is 19.0 Å². The molecule has 0 atom stereocenters. The van der Waals surface area contributed by atoms with Crippen molar-refractivity contribution in [1.29, 1.82) is 0 Å². The number of amides is 1. The molecule has 0 heterocycles. The largest absolute Gasteiger partial charge is 0.395 e. The van der Waals surface area contributed by atoms with Crippen LogP contribution in [0.1, 0.15) is 6.92 Å². The van der Waals surface area contributed by atoms with E-state index >= 15 is 0 Å². The van der Waals surface area contributed by atoms with E-state index in [0.29, 0.717) is 12.3 Å². The molecule has 0 unspecified atom stereocenters. The smallest absolute Gasteiger partial charge is 0.319 e. The minimum atomic E-state index is -4.82. The SMILES string of the molecule is CC(=O)N(O)C=CC(=O)P(=O)(O)O. The van der Waals surface area contributed by atoms with Crippen molar-refractivity contribution in [3.05, 3.63) is 12.3 Å². The van der Waals surface area contributed by atoms with Crippen molar-refractivity contribution in [1.82, 2.24) is 5.06 Å². The molecule has 0 aliphatic carbocycles. The molecule has 8 heteroatoms. The lowest BCUT2D eigenvalue weighted by Gasteiger charge is -2.04. The van der Waals surface area contributed by atoms with Crippen LogP contribution in [-0.2, 0) is 14.2 Å². The Kier molecular flexibility index (Phi) is 3.96. The van der Waals surface area contributed by atoms with Gasteiger partial charge in [-0.3, -0.25) is 19.4 Å². The molecule has 0 saturated carbocycles. The van der Waals surface area contributed by atoms with E-state index in [1.54, 1.807) is 0 Å². The van der Waals surface area contributed by atoms with E-state index in [0.717, 1.165) is 6.92 Å². The third-order valence-electron chi connectivity index (χ3n) is 0.968. The first kappa shape index (κ1) is 12.0. The first-order valence-electron chi connectivity index (χ1n) is 3.02. The van der Waals surface area contributed by atoms with E-state index in [-0.39, 0.29) is 5.06 Å². The highest BCUT2D eigenvalue weighted by Gasteiger charge is 2.22. The summed E-state index contributed by atoms with van der Waals surface area (Å²) in [5, 5.41) is 8.67. The van der Waals surface area contributed by atoms with Crippen molar-refractivity contribution < 1.29 is 29.1 Å². The minimum absolute atomic E-state index is 0.0353. The second-order valence-electron chi connectivity index (χ2n) is 2.06. The Balaban J connectivity index is 4.38. The second kappa shape index (κ2) is 4.29. The van der Waals surface area contributed by atoms with Gasteiger partial charge in [-0.2, -0.15) is 5.06 Å². The van der Waals surface area contributed by atoms with Gasteiger partial charge in [0, 0.05) is 19.2 Å². The zero-order valence-electron chi connectivity index (χ0n) is 6.62. The quantitative estimate of drug-likeness (QED) is 0.248. The summed E-state index contributed by atoms with van der Waals surface area (Å²) in [6, 6.07) is 0. The number of hydrogen-bond acceptors (Lipinski definition) is 4. The number of allylic oxidation sites excluding steroid dienone is 1. The van der Waals surface area contributed by atoms with Gasteiger partial charge in [0.05, 0.1) is 0 Å². The molecule has 74 valence electrons. The van der Waals surface area contributed by atoms with Gasteiger partial charge in [-0.1, -0.05) is 0 Å². The zero-order chi connectivity index (χ0) is 10.6. The van der Waals surface area contributed by atoms with Gasteiger partial charge >= 0.3 is 7.60 Å². The van der Waals surface area contributed by atoms with Gasteiger partial charge in [-0.25, -0.2) is 0 Å². The predicted molar refractivity (Wildman–Crippen MR) is 40.5 cm³/mol. The van der Waals surface area contributed by atoms with E-state index in [1.165, 1.54) is 0 Å². The molecule has 7 nitrogen and oxygen atoms in total. The molecule has 13 heavy (non-hydrogen) atoms. The molecule has 0 aliphatic heterocycles. The lowest BCUT2D eigenvalue weighted by molar-refractivity contribution is -0.151. The van der Waals surface area contributed by atoms with Crippen molar-refractivity contribution in [3.63, 3.8) is 0 Å². The molecule has 0 aliphatic rings. The second-order valence-corrected chi connectivity index (χ2v) is 3.59. The van der Waals surface area contributed by atoms with Crippen molar-refractivity contribution in [3.8, 4) is 0 Å². The molecular weight excluding hydrogens is 201 g/mol. The van der Waals surface area contributed by atoms with Gasteiger partial charge < -0.3 is 9.79 Å². The van der Waals surface area contributed by atoms with Gasteiger partial charge in [0.25, 0.3) is 5.52 Å². The fraction of sp³-hybridized carbons (Fsp3) is 0.200. The monoisotopic (exact) mass is 209 g/mol. The molecule has 0 radical (unpaired) electrons. The van der Waals surface area contributed by atoms with Crippen molar-refractivity contribution in [2.75, 3.05) is 0 Å². The molecule has 0 aromatic rings. The minimum Gasteiger partial charge on any atom is -0.319 e. The van der Waals surface area contributed by atoms with Crippen LogP contribution in [0.5, 0.6) is 0 Å². The molecular formula is C5H8NO6P. The Morgan fingerprint density at radius 1 is 1.38 bits per heavy atom. The predicted octanol–water partition coefficient (Wildman–Crippen LogP) is -0.558. The number of rotatable bonds is 3. The van der Waals surface area contributed by atoms with Crippen molar-refractivity contribution in [2.45, 2.75) is 6.92 Å². The lowest BCUT2D eigenvalue weighted by atomic mass is 10.6. The molecule has 0 bridgehead atoms. The van der Waals surface area contributed by atoms with Crippen LogP contribution in [-0.4, -0.2) is 31.5 Å². The summed E-state index contributed by atoms with van der Waals surface area (Å²) in [5.41, 5.74) is -1.48. The average Bonchev–Trinajstić information content (AvgIpc) is 1.97. The standard InChI is InChI=1S/C5H8NO6P/c1-4(7)6(9)3-2-5(8)13(10,11)12/h2-3,9H,1H3,(H2,10,11,12). The first-order valence-corrected chi connectivity index (χ1v) is 4.63. The molecule has 0 fully saturated rings. The van der Waals surface area contributed by atoms with Crippen LogP contribution in [0.15, 0.2) is 12.3 Å². The maximum Gasteiger partial charge on any atom is 0.395 e. The summed E-state index contributed by atoms with van der Waals surface area (Å²) in [6.07, 6.45) is 0.978. The molecule has 1 amide bonds. The fourth-order valence-electron chi connectivity index (χ4n) is 0.336. The topological polar surface area (TPSA) is 115 Å². The maximum atomic E-state index is 10.5. The number of hydrogen-bond donors (Lipinski definition) is 3. The third-order valence-corrected chi connectivity index (χ3v) is 1.69. The Hall–Kier alpha value is -1.01. The average molecular weight is 209 g/mol. The van der Waals surface area contributed by atoms with E-state index in [1.807, 2.05) is 0 Å². The van der Waals surface area contributed by atoms with E-state index in [2.05, 4.69) is 0 Å². The highest BCUT2D eigenvalue weighted by molar-refractivity contribution is 7.70. The van der Waals surface area contributed by atoms with Gasteiger partial charge in [-0.15, -0.1) is 0 Å².